The van der Waals surface area contributed by atoms with Gasteiger partial charge in [0.1, 0.15) is 6.33 Å². The Kier molecular flexibility index (Phi) is 4.83. The van der Waals surface area contributed by atoms with Gasteiger partial charge in [0.05, 0.1) is 5.69 Å². The first-order valence-corrected chi connectivity index (χ1v) is 9.28. The summed E-state index contributed by atoms with van der Waals surface area (Å²) in [5.41, 5.74) is 8.57. The molecule has 0 atom stereocenters. The van der Waals surface area contributed by atoms with E-state index in [2.05, 4.69) is 74.7 Å². The minimum Gasteiger partial charge on any atom is -0.264 e. The SMILES string of the molecule is CC(C)(C)C1=Cc2cnccc2C1.CC(C)(C)C1=Cc2cncnc2C1. The Morgan fingerprint density at radius 1 is 0.769 bits per heavy atom. The van der Waals surface area contributed by atoms with Gasteiger partial charge in [-0.2, -0.15) is 0 Å². The second kappa shape index (κ2) is 6.79. The Morgan fingerprint density at radius 2 is 1.38 bits per heavy atom. The lowest BCUT2D eigenvalue weighted by atomic mass is 9.85. The summed E-state index contributed by atoms with van der Waals surface area (Å²) >= 11 is 0. The normalized spacial score (nSPS) is 15.5. The van der Waals surface area contributed by atoms with Crippen molar-refractivity contribution in [3.05, 3.63) is 64.5 Å². The molecule has 0 saturated heterocycles. The summed E-state index contributed by atoms with van der Waals surface area (Å²) in [7, 11) is 0. The summed E-state index contributed by atoms with van der Waals surface area (Å²) < 4.78 is 0. The van der Waals surface area contributed by atoms with Crippen molar-refractivity contribution in [1.29, 1.82) is 0 Å². The largest absolute Gasteiger partial charge is 0.264 e. The molecule has 0 aromatic carbocycles. The van der Waals surface area contributed by atoms with Gasteiger partial charge in [0.25, 0.3) is 0 Å². The van der Waals surface area contributed by atoms with E-state index in [4.69, 9.17) is 0 Å². The third-order valence-corrected chi connectivity index (χ3v) is 5.10. The van der Waals surface area contributed by atoms with Gasteiger partial charge in [-0.25, -0.2) is 9.97 Å². The first-order chi connectivity index (χ1) is 12.1. The third-order valence-electron chi connectivity index (χ3n) is 5.10. The predicted octanol–water partition coefficient (Wildman–Crippen LogP) is 5.53. The number of pyridine rings is 1. The molecule has 0 N–H and O–H groups in total. The topological polar surface area (TPSA) is 38.7 Å². The molecule has 0 amide bonds. The molecule has 0 saturated carbocycles. The van der Waals surface area contributed by atoms with Crippen LogP contribution in [0.4, 0.5) is 0 Å². The molecule has 136 valence electrons. The fourth-order valence-corrected chi connectivity index (χ4v) is 3.19. The van der Waals surface area contributed by atoms with Crippen molar-refractivity contribution in [2.24, 2.45) is 10.8 Å². The molecule has 4 rings (SSSR count). The minimum absolute atomic E-state index is 0.251. The molecule has 0 spiro atoms. The van der Waals surface area contributed by atoms with Crippen LogP contribution >= 0.6 is 0 Å². The van der Waals surface area contributed by atoms with Gasteiger partial charge < -0.3 is 0 Å². The van der Waals surface area contributed by atoms with Crippen LogP contribution in [0, 0.1) is 10.8 Å². The molecule has 0 aliphatic heterocycles. The second-order valence-electron chi connectivity index (χ2n) is 9.19. The van der Waals surface area contributed by atoms with E-state index >= 15 is 0 Å². The Balaban J connectivity index is 0.000000151. The highest BCUT2D eigenvalue weighted by Gasteiger charge is 2.24. The van der Waals surface area contributed by atoms with Crippen LogP contribution in [0.2, 0.25) is 0 Å². The van der Waals surface area contributed by atoms with Crippen molar-refractivity contribution in [1.82, 2.24) is 15.0 Å². The Morgan fingerprint density at radius 3 is 2.00 bits per heavy atom. The van der Waals surface area contributed by atoms with Crippen LogP contribution in [0.1, 0.15) is 63.9 Å². The fraction of sp³-hybridized carbons (Fsp3) is 0.435. The zero-order valence-corrected chi connectivity index (χ0v) is 16.8. The van der Waals surface area contributed by atoms with Crippen LogP contribution < -0.4 is 0 Å². The first kappa shape index (κ1) is 18.5. The minimum atomic E-state index is 0.251. The Bertz CT molecular complexity index is 788. The average molecular weight is 348 g/mol. The standard InChI is InChI=1S/C12H15N.C11H14N2/c1-12(2,3)11-6-9-4-5-13-8-10(9)7-11;1-11(2,3)9-4-8-6-12-7-13-10(8)5-9/h4-5,7-8H,6H2,1-3H3;4,6-7H,5H2,1-3H3. The molecule has 3 nitrogen and oxygen atoms in total. The number of aromatic nitrogens is 3. The average Bonchev–Trinajstić information content (AvgIpc) is 3.19. The number of fused-ring (bicyclic) bond motifs is 2. The van der Waals surface area contributed by atoms with Crippen LogP contribution in [0.5, 0.6) is 0 Å². The molecule has 2 aromatic rings. The molecule has 2 aliphatic carbocycles. The smallest absolute Gasteiger partial charge is 0.115 e. The van der Waals surface area contributed by atoms with Gasteiger partial charge in [-0.05, 0) is 34.4 Å². The summed E-state index contributed by atoms with van der Waals surface area (Å²) in [5.74, 6) is 0. The molecule has 26 heavy (non-hydrogen) atoms. The third kappa shape index (κ3) is 4.09. The van der Waals surface area contributed by atoms with Crippen LogP contribution in [-0.2, 0) is 12.8 Å². The highest BCUT2D eigenvalue weighted by atomic mass is 14.8. The monoisotopic (exact) mass is 347 g/mol. The van der Waals surface area contributed by atoms with Crippen molar-refractivity contribution >= 4 is 12.2 Å². The van der Waals surface area contributed by atoms with Crippen molar-refractivity contribution in [2.75, 3.05) is 0 Å². The van der Waals surface area contributed by atoms with E-state index in [9.17, 15) is 0 Å². The molecule has 0 bridgehead atoms. The number of rotatable bonds is 0. The quantitative estimate of drug-likeness (QED) is 0.629. The van der Waals surface area contributed by atoms with Crippen molar-refractivity contribution in [3.8, 4) is 0 Å². The maximum absolute atomic E-state index is 4.26. The highest BCUT2D eigenvalue weighted by Crippen LogP contribution is 2.36. The van der Waals surface area contributed by atoms with E-state index in [1.807, 2.05) is 18.6 Å². The summed E-state index contributed by atoms with van der Waals surface area (Å²) in [6, 6.07) is 2.12. The van der Waals surface area contributed by atoms with Crippen molar-refractivity contribution in [2.45, 2.75) is 54.4 Å². The lowest BCUT2D eigenvalue weighted by Gasteiger charge is -2.19. The van der Waals surface area contributed by atoms with Crippen LogP contribution in [0.25, 0.3) is 12.2 Å². The van der Waals surface area contributed by atoms with Crippen molar-refractivity contribution in [3.63, 3.8) is 0 Å². The predicted molar refractivity (Wildman–Crippen MR) is 109 cm³/mol. The van der Waals surface area contributed by atoms with Gasteiger partial charge in [0, 0.05) is 30.6 Å². The van der Waals surface area contributed by atoms with E-state index in [0.717, 1.165) is 12.8 Å². The molecular formula is C23H29N3. The maximum atomic E-state index is 4.26. The molecule has 0 radical (unpaired) electrons. The number of hydrogen-bond donors (Lipinski definition) is 0. The highest BCUT2D eigenvalue weighted by molar-refractivity contribution is 5.64. The first-order valence-electron chi connectivity index (χ1n) is 9.28. The molecular weight excluding hydrogens is 318 g/mol. The van der Waals surface area contributed by atoms with Crippen LogP contribution in [0.15, 0.2) is 42.1 Å². The molecule has 0 fully saturated rings. The van der Waals surface area contributed by atoms with Crippen molar-refractivity contribution < 1.29 is 0 Å². The van der Waals surface area contributed by atoms with E-state index < -0.39 is 0 Å². The molecule has 3 heteroatoms. The number of nitrogens with zero attached hydrogens (tertiary/aromatic N) is 3. The van der Waals surface area contributed by atoms with Gasteiger partial charge in [-0.3, -0.25) is 4.98 Å². The van der Waals surface area contributed by atoms with Gasteiger partial charge in [0.2, 0.25) is 0 Å². The Hall–Kier alpha value is -2.29. The molecule has 2 aliphatic rings. The van der Waals surface area contributed by atoms with E-state index in [1.54, 1.807) is 6.33 Å². The van der Waals surface area contributed by atoms with Gasteiger partial charge in [-0.15, -0.1) is 0 Å². The van der Waals surface area contributed by atoms with Gasteiger partial charge in [-0.1, -0.05) is 64.8 Å². The zero-order chi connectivity index (χ0) is 18.9. The summed E-state index contributed by atoms with van der Waals surface area (Å²) in [6.07, 6.45) is 13.9. The summed E-state index contributed by atoms with van der Waals surface area (Å²) in [5, 5.41) is 0. The lowest BCUT2D eigenvalue weighted by Crippen LogP contribution is -2.09. The number of hydrogen-bond acceptors (Lipinski definition) is 3. The summed E-state index contributed by atoms with van der Waals surface area (Å²) in [4.78, 5) is 12.4. The fourth-order valence-electron chi connectivity index (χ4n) is 3.19. The molecule has 2 heterocycles. The summed E-state index contributed by atoms with van der Waals surface area (Å²) in [6.45, 7) is 13.5. The maximum Gasteiger partial charge on any atom is 0.115 e. The van der Waals surface area contributed by atoms with E-state index in [-0.39, 0.29) is 5.41 Å². The lowest BCUT2D eigenvalue weighted by molar-refractivity contribution is 0.497. The molecule has 2 aromatic heterocycles. The van der Waals surface area contributed by atoms with Gasteiger partial charge >= 0.3 is 0 Å². The van der Waals surface area contributed by atoms with Gasteiger partial charge in [0.15, 0.2) is 0 Å². The zero-order valence-electron chi connectivity index (χ0n) is 16.8. The van der Waals surface area contributed by atoms with E-state index in [1.165, 1.54) is 33.5 Å². The van der Waals surface area contributed by atoms with Crippen LogP contribution in [0.3, 0.4) is 0 Å². The van der Waals surface area contributed by atoms with E-state index in [0.29, 0.717) is 5.41 Å². The number of allylic oxidation sites excluding steroid dienone is 2. The van der Waals surface area contributed by atoms with Crippen LogP contribution in [-0.4, -0.2) is 15.0 Å². The Labute approximate surface area is 157 Å². The molecule has 0 unspecified atom stereocenters. The second-order valence-corrected chi connectivity index (χ2v) is 9.19.